The van der Waals surface area contributed by atoms with Gasteiger partial charge in [-0.1, -0.05) is 36.4 Å². The molecule has 0 spiro atoms. The van der Waals surface area contributed by atoms with E-state index < -0.39 is 12.0 Å². The number of rotatable bonds is 10. The Balaban J connectivity index is 1.79. The first-order valence-corrected chi connectivity index (χ1v) is 9.47. The molecule has 0 aliphatic rings. The van der Waals surface area contributed by atoms with Crippen LogP contribution in [0.4, 0.5) is 0 Å². The van der Waals surface area contributed by atoms with E-state index in [0.29, 0.717) is 36.9 Å². The number of unbranched alkanes of at least 4 members (excludes halogenated alkanes) is 1. The Morgan fingerprint density at radius 2 is 1.43 bits per heavy atom. The Labute approximate surface area is 165 Å². The van der Waals surface area contributed by atoms with Crippen LogP contribution in [0.25, 0.3) is 0 Å². The molecule has 0 aromatic heterocycles. The number of ether oxygens (including phenoxy) is 1. The SMILES string of the molecule is CCOC(=O)[C@H](CCCCNC(=O)c1ccccc1)NC(=O)c1ccccc1. The first kappa shape index (κ1) is 21.2. The van der Waals surface area contributed by atoms with Gasteiger partial charge in [-0.2, -0.15) is 0 Å². The molecule has 6 heteroatoms. The molecule has 0 aliphatic heterocycles. The summed E-state index contributed by atoms with van der Waals surface area (Å²) in [6.07, 6.45) is 1.79. The highest BCUT2D eigenvalue weighted by Crippen LogP contribution is 2.06. The molecule has 0 heterocycles. The van der Waals surface area contributed by atoms with Gasteiger partial charge in [-0.05, 0) is 50.5 Å². The predicted molar refractivity (Wildman–Crippen MR) is 107 cm³/mol. The summed E-state index contributed by atoms with van der Waals surface area (Å²) in [5.74, 6) is -0.879. The van der Waals surface area contributed by atoms with Gasteiger partial charge in [0.05, 0.1) is 6.61 Å². The largest absolute Gasteiger partial charge is 0.464 e. The fourth-order valence-corrected chi connectivity index (χ4v) is 2.69. The van der Waals surface area contributed by atoms with Gasteiger partial charge in [0.2, 0.25) is 0 Å². The van der Waals surface area contributed by atoms with Crippen LogP contribution in [-0.4, -0.2) is 37.0 Å². The number of hydrogen-bond donors (Lipinski definition) is 2. The molecular weight excluding hydrogens is 356 g/mol. The lowest BCUT2D eigenvalue weighted by molar-refractivity contribution is -0.145. The highest BCUT2D eigenvalue weighted by Gasteiger charge is 2.22. The minimum Gasteiger partial charge on any atom is -0.464 e. The summed E-state index contributed by atoms with van der Waals surface area (Å²) < 4.78 is 5.07. The molecule has 0 radical (unpaired) electrons. The molecule has 2 N–H and O–H groups in total. The third-order valence-electron chi connectivity index (χ3n) is 4.15. The number of benzene rings is 2. The number of nitrogens with one attached hydrogen (secondary N) is 2. The molecule has 0 bridgehead atoms. The lowest BCUT2D eigenvalue weighted by Gasteiger charge is -2.17. The molecule has 6 nitrogen and oxygen atoms in total. The first-order chi connectivity index (χ1) is 13.6. The van der Waals surface area contributed by atoms with Gasteiger partial charge in [-0.3, -0.25) is 9.59 Å². The van der Waals surface area contributed by atoms with Crippen LogP contribution in [0.3, 0.4) is 0 Å². The van der Waals surface area contributed by atoms with E-state index in [4.69, 9.17) is 4.74 Å². The minimum atomic E-state index is -0.711. The van der Waals surface area contributed by atoms with Crippen molar-refractivity contribution < 1.29 is 19.1 Å². The van der Waals surface area contributed by atoms with Crippen molar-refractivity contribution in [1.82, 2.24) is 10.6 Å². The second-order valence-corrected chi connectivity index (χ2v) is 6.26. The quantitative estimate of drug-likeness (QED) is 0.489. The summed E-state index contributed by atoms with van der Waals surface area (Å²) in [4.78, 5) is 36.5. The van der Waals surface area contributed by atoms with E-state index >= 15 is 0 Å². The van der Waals surface area contributed by atoms with Crippen LogP contribution in [0.5, 0.6) is 0 Å². The van der Waals surface area contributed by atoms with Crippen molar-refractivity contribution in [2.75, 3.05) is 13.2 Å². The monoisotopic (exact) mass is 382 g/mol. The molecule has 2 aromatic carbocycles. The number of carbonyl (C=O) groups excluding carboxylic acids is 3. The minimum absolute atomic E-state index is 0.125. The second kappa shape index (κ2) is 11.5. The van der Waals surface area contributed by atoms with Crippen LogP contribution >= 0.6 is 0 Å². The van der Waals surface area contributed by atoms with E-state index in [1.54, 1.807) is 43.3 Å². The molecule has 0 fully saturated rings. The molecule has 0 aliphatic carbocycles. The maximum atomic E-state index is 12.3. The first-order valence-electron chi connectivity index (χ1n) is 9.47. The zero-order chi connectivity index (χ0) is 20.2. The van der Waals surface area contributed by atoms with Crippen molar-refractivity contribution in [3.05, 3.63) is 71.8 Å². The Morgan fingerprint density at radius 1 is 0.857 bits per heavy atom. The van der Waals surface area contributed by atoms with Gasteiger partial charge >= 0.3 is 5.97 Å². The molecule has 148 valence electrons. The van der Waals surface area contributed by atoms with Gasteiger partial charge in [0, 0.05) is 17.7 Å². The van der Waals surface area contributed by atoms with Gasteiger partial charge in [-0.25, -0.2) is 4.79 Å². The van der Waals surface area contributed by atoms with Gasteiger partial charge < -0.3 is 15.4 Å². The molecule has 0 saturated carbocycles. The lowest BCUT2D eigenvalue weighted by atomic mass is 10.1. The molecular formula is C22H26N2O4. The van der Waals surface area contributed by atoms with Crippen LogP contribution in [0.15, 0.2) is 60.7 Å². The Hall–Kier alpha value is -3.15. The fourth-order valence-electron chi connectivity index (χ4n) is 2.69. The van der Waals surface area contributed by atoms with Crippen LogP contribution < -0.4 is 10.6 Å². The zero-order valence-corrected chi connectivity index (χ0v) is 16.0. The summed E-state index contributed by atoms with van der Waals surface area (Å²) in [6, 6.07) is 17.0. The zero-order valence-electron chi connectivity index (χ0n) is 16.0. The highest BCUT2D eigenvalue weighted by molar-refractivity contribution is 5.96. The van der Waals surface area contributed by atoms with E-state index in [-0.39, 0.29) is 18.4 Å². The predicted octanol–water partition coefficient (Wildman–Crippen LogP) is 2.95. The molecule has 1 atom stereocenters. The molecule has 28 heavy (non-hydrogen) atoms. The lowest BCUT2D eigenvalue weighted by Crippen LogP contribution is -2.42. The Bertz CT molecular complexity index is 763. The van der Waals surface area contributed by atoms with Crippen molar-refractivity contribution in [1.29, 1.82) is 0 Å². The Kier molecular flexibility index (Phi) is 8.72. The van der Waals surface area contributed by atoms with Crippen LogP contribution in [0.2, 0.25) is 0 Å². The van der Waals surface area contributed by atoms with Crippen LogP contribution in [-0.2, 0) is 9.53 Å². The molecule has 0 saturated heterocycles. The maximum Gasteiger partial charge on any atom is 0.328 e. The Morgan fingerprint density at radius 3 is 2.00 bits per heavy atom. The van der Waals surface area contributed by atoms with Crippen molar-refractivity contribution in [3.8, 4) is 0 Å². The molecule has 2 aromatic rings. The fraction of sp³-hybridized carbons (Fsp3) is 0.318. The van der Waals surface area contributed by atoms with E-state index in [0.717, 1.165) is 0 Å². The topological polar surface area (TPSA) is 84.5 Å². The van der Waals surface area contributed by atoms with E-state index in [9.17, 15) is 14.4 Å². The van der Waals surface area contributed by atoms with E-state index in [1.165, 1.54) is 0 Å². The maximum absolute atomic E-state index is 12.3. The third-order valence-corrected chi connectivity index (χ3v) is 4.15. The van der Waals surface area contributed by atoms with E-state index in [1.807, 2.05) is 24.3 Å². The number of carbonyl (C=O) groups is 3. The smallest absolute Gasteiger partial charge is 0.328 e. The van der Waals surface area contributed by atoms with Crippen molar-refractivity contribution in [3.63, 3.8) is 0 Å². The molecule has 2 rings (SSSR count). The third kappa shape index (κ3) is 6.87. The second-order valence-electron chi connectivity index (χ2n) is 6.26. The van der Waals surface area contributed by atoms with Crippen molar-refractivity contribution >= 4 is 17.8 Å². The van der Waals surface area contributed by atoms with Crippen molar-refractivity contribution in [2.24, 2.45) is 0 Å². The summed E-state index contributed by atoms with van der Waals surface area (Å²) >= 11 is 0. The summed E-state index contributed by atoms with van der Waals surface area (Å²) in [7, 11) is 0. The highest BCUT2D eigenvalue weighted by atomic mass is 16.5. The van der Waals surface area contributed by atoms with Crippen LogP contribution in [0, 0.1) is 0 Å². The van der Waals surface area contributed by atoms with Gasteiger partial charge in [0.25, 0.3) is 11.8 Å². The number of hydrogen-bond acceptors (Lipinski definition) is 4. The van der Waals surface area contributed by atoms with Gasteiger partial charge in [-0.15, -0.1) is 0 Å². The van der Waals surface area contributed by atoms with Crippen LogP contribution in [0.1, 0.15) is 46.9 Å². The normalized spacial score (nSPS) is 11.3. The molecule has 2 amide bonds. The van der Waals surface area contributed by atoms with Crippen molar-refractivity contribution in [2.45, 2.75) is 32.2 Å². The van der Waals surface area contributed by atoms with Gasteiger partial charge in [0.15, 0.2) is 0 Å². The standard InChI is InChI=1S/C22H26N2O4/c1-2-28-22(27)19(24-21(26)18-13-7-4-8-14-18)15-9-10-16-23-20(25)17-11-5-3-6-12-17/h3-8,11-14,19H,2,9-10,15-16H2,1H3,(H,23,25)(H,24,26)/t19-/m0/s1. The summed E-state index contributed by atoms with van der Waals surface area (Å²) in [5, 5.41) is 5.59. The van der Waals surface area contributed by atoms with Gasteiger partial charge in [0.1, 0.15) is 6.04 Å². The summed E-state index contributed by atoms with van der Waals surface area (Å²) in [5.41, 5.74) is 1.11. The number of esters is 1. The average Bonchev–Trinajstić information content (AvgIpc) is 2.73. The van der Waals surface area contributed by atoms with E-state index in [2.05, 4.69) is 10.6 Å². The average molecular weight is 382 g/mol. The molecule has 0 unspecified atom stereocenters. The summed E-state index contributed by atoms with van der Waals surface area (Å²) in [6.45, 7) is 2.48. The number of amides is 2.